The maximum absolute atomic E-state index is 14.1. The highest BCUT2D eigenvalue weighted by Gasteiger charge is 2.36. The topological polar surface area (TPSA) is 0 Å². The van der Waals surface area contributed by atoms with E-state index in [1.165, 1.54) is 6.92 Å². The van der Waals surface area contributed by atoms with E-state index in [4.69, 9.17) is 0 Å². The molecule has 10 heteroatoms. The van der Waals surface area contributed by atoms with E-state index < -0.39 is 81.6 Å². The average Bonchev–Trinajstić information content (AvgIpc) is 2.65. The summed E-state index contributed by atoms with van der Waals surface area (Å²) in [5.74, 6) is -26.5. The lowest BCUT2D eigenvalue weighted by Crippen LogP contribution is -2.17. The molecule has 0 unspecified atom stereocenters. The molecule has 0 radical (unpaired) electrons. The highest BCUT2D eigenvalue weighted by Crippen LogP contribution is 2.40. The standard InChI is InChI=1S/C17H10F10/c1-2-3-4-5(6-8(18)12(22)16(26)13(23)9(6)19)7-10(20)14(24)17(27)15(25)11(7)21/h5H,2-4H2,1H3. The SMILES string of the molecule is CCCCC(c1c(F)c(F)c(F)c(F)c1F)c1c(F)c(F)c(F)c(F)c1F. The van der Waals surface area contributed by atoms with E-state index in [2.05, 4.69) is 0 Å². The number of unbranched alkanes of at least 4 members (excludes halogenated alkanes) is 1. The van der Waals surface area contributed by atoms with Crippen molar-refractivity contribution >= 4 is 0 Å². The molecular weight excluding hydrogens is 394 g/mol. The summed E-state index contributed by atoms with van der Waals surface area (Å²) in [7, 11) is 0. The minimum absolute atomic E-state index is 0.0658. The Hall–Kier alpha value is -2.26. The number of benzene rings is 2. The lowest BCUT2D eigenvalue weighted by molar-refractivity contribution is 0.350. The molecule has 0 bridgehead atoms. The first-order chi connectivity index (χ1) is 12.6. The predicted octanol–water partition coefficient (Wildman–Crippen LogP) is 6.40. The van der Waals surface area contributed by atoms with Crippen LogP contribution < -0.4 is 0 Å². The van der Waals surface area contributed by atoms with Gasteiger partial charge in [0.05, 0.1) is 0 Å². The van der Waals surface area contributed by atoms with Gasteiger partial charge in [-0.25, -0.2) is 43.9 Å². The van der Waals surface area contributed by atoms with Crippen LogP contribution in [0, 0.1) is 58.2 Å². The monoisotopic (exact) mass is 404 g/mol. The quantitative estimate of drug-likeness (QED) is 0.307. The van der Waals surface area contributed by atoms with Crippen molar-refractivity contribution in [1.29, 1.82) is 0 Å². The van der Waals surface area contributed by atoms with Crippen molar-refractivity contribution in [2.75, 3.05) is 0 Å². The minimum Gasteiger partial charge on any atom is -0.203 e. The number of hydrogen-bond acceptors (Lipinski definition) is 0. The normalized spacial score (nSPS) is 11.6. The Bertz CT molecular complexity index is 763. The first-order valence-corrected chi connectivity index (χ1v) is 7.58. The van der Waals surface area contributed by atoms with E-state index in [1.807, 2.05) is 0 Å². The van der Waals surface area contributed by atoms with Gasteiger partial charge in [-0.2, -0.15) is 0 Å². The van der Waals surface area contributed by atoms with E-state index in [-0.39, 0.29) is 12.8 Å². The fourth-order valence-electron chi connectivity index (χ4n) is 2.70. The van der Waals surface area contributed by atoms with E-state index in [0.29, 0.717) is 0 Å². The summed E-state index contributed by atoms with van der Waals surface area (Å²) < 4.78 is 137. The molecule has 2 aromatic carbocycles. The largest absolute Gasteiger partial charge is 0.203 e. The maximum Gasteiger partial charge on any atom is 0.200 e. The first-order valence-electron chi connectivity index (χ1n) is 7.58. The van der Waals surface area contributed by atoms with Crippen molar-refractivity contribution in [3.63, 3.8) is 0 Å². The molecule has 0 aliphatic carbocycles. The van der Waals surface area contributed by atoms with Gasteiger partial charge in [-0.1, -0.05) is 19.8 Å². The minimum atomic E-state index is -2.51. The van der Waals surface area contributed by atoms with Gasteiger partial charge in [-0.05, 0) is 6.42 Å². The van der Waals surface area contributed by atoms with Crippen LogP contribution in [-0.2, 0) is 0 Å². The van der Waals surface area contributed by atoms with Gasteiger partial charge in [0, 0.05) is 17.0 Å². The Kier molecular flexibility index (Phi) is 6.06. The molecule has 0 nitrogen and oxygen atoms in total. The van der Waals surface area contributed by atoms with Crippen LogP contribution in [-0.4, -0.2) is 0 Å². The molecule has 0 amide bonds. The first kappa shape index (κ1) is 21.0. The van der Waals surface area contributed by atoms with Crippen molar-refractivity contribution in [3.8, 4) is 0 Å². The van der Waals surface area contributed by atoms with Gasteiger partial charge in [0.15, 0.2) is 46.5 Å². The number of hydrogen-bond donors (Lipinski definition) is 0. The third-order valence-electron chi connectivity index (χ3n) is 4.03. The summed E-state index contributed by atoms with van der Waals surface area (Å²) in [6, 6.07) is 0. The van der Waals surface area contributed by atoms with Gasteiger partial charge in [-0.15, -0.1) is 0 Å². The molecule has 0 saturated heterocycles. The Morgan fingerprint density at radius 2 is 0.741 bits per heavy atom. The van der Waals surface area contributed by atoms with Gasteiger partial charge >= 0.3 is 0 Å². The van der Waals surface area contributed by atoms with Crippen LogP contribution in [0.15, 0.2) is 0 Å². The number of halogens is 10. The fraction of sp³-hybridized carbons (Fsp3) is 0.294. The van der Waals surface area contributed by atoms with Crippen LogP contribution in [0.5, 0.6) is 0 Å². The van der Waals surface area contributed by atoms with Gasteiger partial charge in [0.2, 0.25) is 11.6 Å². The van der Waals surface area contributed by atoms with Crippen LogP contribution in [0.4, 0.5) is 43.9 Å². The smallest absolute Gasteiger partial charge is 0.200 e. The van der Waals surface area contributed by atoms with Crippen LogP contribution >= 0.6 is 0 Å². The molecule has 0 fully saturated rings. The van der Waals surface area contributed by atoms with Crippen LogP contribution in [0.1, 0.15) is 43.2 Å². The van der Waals surface area contributed by atoms with E-state index in [1.54, 1.807) is 0 Å². The Morgan fingerprint density at radius 1 is 0.481 bits per heavy atom. The molecule has 148 valence electrons. The second-order valence-electron chi connectivity index (χ2n) is 5.66. The maximum atomic E-state index is 14.1. The molecule has 27 heavy (non-hydrogen) atoms. The van der Waals surface area contributed by atoms with E-state index >= 15 is 0 Å². The second kappa shape index (κ2) is 7.77. The third-order valence-corrected chi connectivity index (χ3v) is 4.03. The van der Waals surface area contributed by atoms with Crippen LogP contribution in [0.2, 0.25) is 0 Å². The molecule has 0 aliphatic rings. The summed E-state index contributed by atoms with van der Waals surface area (Å²) in [6.45, 7) is 1.52. The lowest BCUT2D eigenvalue weighted by Gasteiger charge is -2.21. The van der Waals surface area contributed by atoms with Crippen molar-refractivity contribution in [3.05, 3.63) is 69.3 Å². The number of rotatable bonds is 5. The Balaban J connectivity index is 2.89. The second-order valence-corrected chi connectivity index (χ2v) is 5.66. The van der Waals surface area contributed by atoms with Crippen LogP contribution in [0.25, 0.3) is 0 Å². The zero-order valence-electron chi connectivity index (χ0n) is 13.5. The molecule has 0 aliphatic heterocycles. The summed E-state index contributed by atoms with van der Waals surface area (Å²) in [5.41, 5.74) is -3.33. The van der Waals surface area contributed by atoms with Gasteiger partial charge < -0.3 is 0 Å². The molecule has 0 heterocycles. The average molecular weight is 404 g/mol. The molecule has 0 saturated carbocycles. The van der Waals surface area contributed by atoms with Crippen molar-refractivity contribution < 1.29 is 43.9 Å². The summed E-state index contributed by atoms with van der Waals surface area (Å²) in [5, 5.41) is 0. The van der Waals surface area contributed by atoms with Gasteiger partial charge in [0.25, 0.3) is 0 Å². The molecular formula is C17H10F10. The Morgan fingerprint density at radius 3 is 1.00 bits per heavy atom. The summed E-state index contributed by atoms with van der Waals surface area (Å²) in [6.07, 6.45) is -0.460. The van der Waals surface area contributed by atoms with Gasteiger partial charge in [0.1, 0.15) is 0 Å². The van der Waals surface area contributed by atoms with Crippen molar-refractivity contribution in [2.45, 2.75) is 32.1 Å². The third kappa shape index (κ3) is 3.37. The van der Waals surface area contributed by atoms with Crippen molar-refractivity contribution in [2.24, 2.45) is 0 Å². The summed E-state index contributed by atoms with van der Waals surface area (Å²) >= 11 is 0. The molecule has 0 aromatic heterocycles. The van der Waals surface area contributed by atoms with Crippen molar-refractivity contribution in [1.82, 2.24) is 0 Å². The highest BCUT2D eigenvalue weighted by molar-refractivity contribution is 5.38. The fourth-order valence-corrected chi connectivity index (χ4v) is 2.70. The Labute approximate surface area is 146 Å². The van der Waals surface area contributed by atoms with Crippen LogP contribution in [0.3, 0.4) is 0 Å². The molecule has 0 atom stereocenters. The molecule has 0 spiro atoms. The molecule has 2 aromatic rings. The highest BCUT2D eigenvalue weighted by atomic mass is 19.2. The zero-order valence-corrected chi connectivity index (χ0v) is 13.5. The van der Waals surface area contributed by atoms with E-state index in [0.717, 1.165) is 0 Å². The summed E-state index contributed by atoms with van der Waals surface area (Å²) in [4.78, 5) is 0. The molecule has 2 rings (SSSR count). The molecule has 0 N–H and O–H groups in total. The zero-order chi connectivity index (χ0) is 20.6. The van der Waals surface area contributed by atoms with E-state index in [9.17, 15) is 43.9 Å². The predicted molar refractivity (Wildman–Crippen MR) is 73.8 cm³/mol. The lowest BCUT2D eigenvalue weighted by atomic mass is 9.85. The van der Waals surface area contributed by atoms with Gasteiger partial charge in [-0.3, -0.25) is 0 Å².